The monoisotopic (exact) mass is 291 g/mol. The first-order valence-corrected chi connectivity index (χ1v) is 6.68. The molecule has 1 aliphatic rings. The quantitative estimate of drug-likeness (QED) is 0.910. The van der Waals surface area contributed by atoms with Crippen molar-refractivity contribution in [3.8, 4) is 0 Å². The molecule has 0 radical (unpaired) electrons. The summed E-state index contributed by atoms with van der Waals surface area (Å²) in [5, 5.41) is 7.30. The van der Waals surface area contributed by atoms with Crippen LogP contribution in [-0.2, 0) is 11.3 Å². The number of nitrogens with one attached hydrogen (secondary N) is 2. The number of nitrogens with zero attached hydrogens (tertiary/aromatic N) is 1. The largest absolute Gasteiger partial charge is 0.351 e. The number of amides is 1. The lowest BCUT2D eigenvalue weighted by Crippen LogP contribution is -2.40. The van der Waals surface area contributed by atoms with Gasteiger partial charge in [0.25, 0.3) is 0 Å². The van der Waals surface area contributed by atoms with Crippen molar-refractivity contribution >= 4 is 29.2 Å². The Morgan fingerprint density at radius 1 is 1.35 bits per heavy atom. The van der Waals surface area contributed by atoms with Gasteiger partial charge in [0.05, 0.1) is 11.6 Å². The van der Waals surface area contributed by atoms with E-state index in [9.17, 15) is 4.79 Å². The Morgan fingerprint density at radius 3 is 3.00 bits per heavy atom. The lowest BCUT2D eigenvalue weighted by atomic mass is 10.1. The smallest absolute Gasteiger partial charge is 0.237 e. The number of carbonyl (C=O) groups is 1. The summed E-state index contributed by atoms with van der Waals surface area (Å²) in [4.78, 5) is 16.4. The van der Waals surface area contributed by atoms with Crippen LogP contribution in [0.25, 0.3) is 10.9 Å². The average molecular weight is 292 g/mol. The molecule has 106 valence electrons. The van der Waals surface area contributed by atoms with E-state index in [2.05, 4.69) is 15.6 Å². The van der Waals surface area contributed by atoms with Gasteiger partial charge in [0.15, 0.2) is 0 Å². The fourth-order valence-electron chi connectivity index (χ4n) is 2.52. The van der Waals surface area contributed by atoms with E-state index in [1.807, 2.05) is 30.3 Å². The number of aromatic nitrogens is 1. The molecule has 1 saturated heterocycles. The summed E-state index contributed by atoms with van der Waals surface area (Å²) in [5.74, 6) is 0.0884. The van der Waals surface area contributed by atoms with Crippen LogP contribution in [0.4, 0.5) is 0 Å². The number of rotatable bonds is 3. The number of carbonyl (C=O) groups excluding carboxylic acids is 1. The van der Waals surface area contributed by atoms with Crippen LogP contribution in [0.1, 0.15) is 18.4 Å². The van der Waals surface area contributed by atoms with Gasteiger partial charge >= 0.3 is 0 Å². The Morgan fingerprint density at radius 2 is 2.20 bits per heavy atom. The summed E-state index contributed by atoms with van der Waals surface area (Å²) in [6, 6.07) is 9.98. The molecule has 1 aromatic carbocycles. The summed E-state index contributed by atoms with van der Waals surface area (Å²) in [6.45, 7) is 1.47. The van der Waals surface area contributed by atoms with Crippen LogP contribution in [0.2, 0.25) is 0 Å². The van der Waals surface area contributed by atoms with Crippen LogP contribution in [0, 0.1) is 0 Å². The predicted octanol–water partition coefficient (Wildman–Crippen LogP) is 2.02. The summed E-state index contributed by atoms with van der Waals surface area (Å²) in [5.41, 5.74) is 2.02. The minimum Gasteiger partial charge on any atom is -0.351 e. The number of para-hydroxylation sites is 1. The predicted molar refractivity (Wildman–Crippen MR) is 81.9 cm³/mol. The minimum atomic E-state index is -0.0251. The Bertz CT molecular complexity index is 591. The second-order valence-corrected chi connectivity index (χ2v) is 4.86. The maximum absolute atomic E-state index is 12.0. The highest BCUT2D eigenvalue weighted by Crippen LogP contribution is 2.15. The molecule has 1 aromatic heterocycles. The molecular formula is C15H18ClN3O. The van der Waals surface area contributed by atoms with Crippen LogP contribution < -0.4 is 10.6 Å². The lowest BCUT2D eigenvalue weighted by Gasteiger charge is -2.12. The first kappa shape index (κ1) is 14.8. The van der Waals surface area contributed by atoms with Crippen molar-refractivity contribution in [2.75, 3.05) is 6.54 Å². The first-order chi connectivity index (χ1) is 9.34. The van der Waals surface area contributed by atoms with Gasteiger partial charge in [0.1, 0.15) is 0 Å². The molecule has 1 amide bonds. The van der Waals surface area contributed by atoms with Crippen LogP contribution in [0.3, 0.4) is 0 Å². The maximum Gasteiger partial charge on any atom is 0.237 e. The molecule has 2 heterocycles. The second kappa shape index (κ2) is 6.68. The van der Waals surface area contributed by atoms with Gasteiger partial charge in [-0.25, -0.2) is 0 Å². The highest BCUT2D eigenvalue weighted by molar-refractivity contribution is 5.85. The van der Waals surface area contributed by atoms with E-state index < -0.39 is 0 Å². The highest BCUT2D eigenvalue weighted by atomic mass is 35.5. The van der Waals surface area contributed by atoms with Gasteiger partial charge in [-0.1, -0.05) is 24.3 Å². The summed E-state index contributed by atoms with van der Waals surface area (Å²) < 4.78 is 0. The maximum atomic E-state index is 12.0. The van der Waals surface area contributed by atoms with E-state index in [1.165, 1.54) is 0 Å². The van der Waals surface area contributed by atoms with Gasteiger partial charge in [0, 0.05) is 18.1 Å². The Kier molecular flexibility index (Phi) is 4.93. The van der Waals surface area contributed by atoms with Crippen molar-refractivity contribution < 1.29 is 4.79 Å². The van der Waals surface area contributed by atoms with Crippen molar-refractivity contribution in [1.29, 1.82) is 0 Å². The zero-order valence-electron chi connectivity index (χ0n) is 11.1. The molecule has 20 heavy (non-hydrogen) atoms. The van der Waals surface area contributed by atoms with E-state index in [0.717, 1.165) is 35.9 Å². The van der Waals surface area contributed by atoms with Gasteiger partial charge < -0.3 is 10.6 Å². The van der Waals surface area contributed by atoms with Gasteiger partial charge in [-0.05, 0) is 31.0 Å². The fraction of sp³-hybridized carbons (Fsp3) is 0.333. The van der Waals surface area contributed by atoms with E-state index >= 15 is 0 Å². The molecule has 3 rings (SSSR count). The topological polar surface area (TPSA) is 54.0 Å². The number of halogens is 1. The van der Waals surface area contributed by atoms with E-state index in [4.69, 9.17) is 0 Å². The molecule has 2 aromatic rings. The Hall–Kier alpha value is -1.65. The van der Waals surface area contributed by atoms with Crippen LogP contribution >= 0.6 is 12.4 Å². The first-order valence-electron chi connectivity index (χ1n) is 6.68. The van der Waals surface area contributed by atoms with E-state index in [1.54, 1.807) is 6.20 Å². The number of hydrogen-bond acceptors (Lipinski definition) is 3. The number of pyridine rings is 1. The van der Waals surface area contributed by atoms with Crippen molar-refractivity contribution in [3.63, 3.8) is 0 Å². The average Bonchev–Trinajstić information content (AvgIpc) is 2.99. The van der Waals surface area contributed by atoms with Crippen LogP contribution in [-0.4, -0.2) is 23.5 Å². The third kappa shape index (κ3) is 3.08. The molecular weight excluding hydrogens is 274 g/mol. The SMILES string of the molecule is Cl.O=C(NCc1cccc2cccnc12)C1CCCN1. The van der Waals surface area contributed by atoms with Crippen molar-refractivity contribution in [2.24, 2.45) is 0 Å². The second-order valence-electron chi connectivity index (χ2n) is 4.86. The highest BCUT2D eigenvalue weighted by Gasteiger charge is 2.21. The molecule has 1 atom stereocenters. The fourth-order valence-corrected chi connectivity index (χ4v) is 2.52. The number of fused-ring (bicyclic) bond motifs is 1. The molecule has 5 heteroatoms. The van der Waals surface area contributed by atoms with Crippen molar-refractivity contribution in [2.45, 2.75) is 25.4 Å². The third-order valence-electron chi connectivity index (χ3n) is 3.55. The number of benzene rings is 1. The van der Waals surface area contributed by atoms with Gasteiger partial charge in [-0.15, -0.1) is 12.4 Å². The zero-order chi connectivity index (χ0) is 13.1. The molecule has 0 aliphatic carbocycles. The molecule has 0 spiro atoms. The molecule has 0 saturated carbocycles. The minimum absolute atomic E-state index is 0. The summed E-state index contributed by atoms with van der Waals surface area (Å²) in [7, 11) is 0. The van der Waals surface area contributed by atoms with Gasteiger partial charge in [0.2, 0.25) is 5.91 Å². The molecule has 1 unspecified atom stereocenters. The molecule has 1 aliphatic heterocycles. The standard InChI is InChI=1S/C15H17N3O.ClH/c19-15(13-7-3-8-16-13)18-10-12-5-1-4-11-6-2-9-17-14(11)12;/h1-2,4-6,9,13,16H,3,7-8,10H2,(H,18,19);1H. The normalized spacial score (nSPS) is 17.7. The van der Waals surface area contributed by atoms with Crippen molar-refractivity contribution in [1.82, 2.24) is 15.6 Å². The van der Waals surface area contributed by atoms with E-state index in [-0.39, 0.29) is 24.4 Å². The Labute approximate surface area is 124 Å². The molecule has 1 fully saturated rings. The third-order valence-corrected chi connectivity index (χ3v) is 3.55. The molecule has 4 nitrogen and oxygen atoms in total. The van der Waals surface area contributed by atoms with Crippen molar-refractivity contribution in [3.05, 3.63) is 42.1 Å². The summed E-state index contributed by atoms with van der Waals surface area (Å²) in [6.07, 6.45) is 3.79. The zero-order valence-corrected chi connectivity index (χ0v) is 12.0. The van der Waals surface area contributed by atoms with Gasteiger partial charge in [-0.3, -0.25) is 9.78 Å². The van der Waals surface area contributed by atoms with E-state index in [0.29, 0.717) is 6.54 Å². The Balaban J connectivity index is 0.00000147. The van der Waals surface area contributed by atoms with Gasteiger partial charge in [-0.2, -0.15) is 0 Å². The lowest BCUT2D eigenvalue weighted by molar-refractivity contribution is -0.122. The molecule has 2 N–H and O–H groups in total. The summed E-state index contributed by atoms with van der Waals surface area (Å²) >= 11 is 0. The molecule has 0 bridgehead atoms. The van der Waals surface area contributed by atoms with Crippen LogP contribution in [0.15, 0.2) is 36.5 Å². The van der Waals surface area contributed by atoms with Crippen LogP contribution in [0.5, 0.6) is 0 Å². The number of hydrogen-bond donors (Lipinski definition) is 2.